The van der Waals surface area contributed by atoms with E-state index >= 15 is 0 Å². The van der Waals surface area contributed by atoms with Crippen LogP contribution in [0.2, 0.25) is 5.02 Å². The minimum Gasteiger partial charge on any atom is -0.484 e. The zero-order chi connectivity index (χ0) is 20.6. The summed E-state index contributed by atoms with van der Waals surface area (Å²) in [6.45, 7) is -0.628. The lowest BCUT2D eigenvalue weighted by atomic mass is 10.1. The third-order valence-electron chi connectivity index (χ3n) is 3.27. The van der Waals surface area contributed by atoms with Crippen molar-refractivity contribution in [1.82, 2.24) is 10.7 Å². The van der Waals surface area contributed by atoms with Crippen molar-refractivity contribution in [3.05, 3.63) is 64.7 Å². The maximum atomic E-state index is 12.5. The lowest BCUT2D eigenvalue weighted by Gasteiger charge is -2.07. The van der Waals surface area contributed by atoms with Crippen molar-refractivity contribution in [3.8, 4) is 5.75 Å². The number of halogens is 4. The van der Waals surface area contributed by atoms with Crippen LogP contribution in [-0.2, 0) is 15.8 Å². The number of benzene rings is 2. The minimum absolute atomic E-state index is 0.288. The van der Waals surface area contributed by atoms with Crippen LogP contribution >= 0.6 is 11.6 Å². The Morgan fingerprint density at radius 1 is 1.04 bits per heavy atom. The van der Waals surface area contributed by atoms with Gasteiger partial charge in [0.1, 0.15) is 5.75 Å². The molecule has 0 aliphatic rings. The molecule has 2 amide bonds. The quantitative estimate of drug-likeness (QED) is 0.541. The Kier molecular flexibility index (Phi) is 7.39. The highest BCUT2D eigenvalue weighted by atomic mass is 35.5. The molecule has 0 radical (unpaired) electrons. The number of hydrogen-bond donors (Lipinski definition) is 2. The highest BCUT2D eigenvalue weighted by Crippen LogP contribution is 2.28. The van der Waals surface area contributed by atoms with Crippen molar-refractivity contribution in [2.24, 2.45) is 5.10 Å². The molecule has 6 nitrogen and oxygen atoms in total. The van der Waals surface area contributed by atoms with Gasteiger partial charge in [0.25, 0.3) is 11.8 Å². The fourth-order valence-corrected chi connectivity index (χ4v) is 2.01. The lowest BCUT2D eigenvalue weighted by Crippen LogP contribution is -2.37. The van der Waals surface area contributed by atoms with Gasteiger partial charge in [-0.05, 0) is 42.0 Å². The van der Waals surface area contributed by atoms with Crippen LogP contribution in [0.25, 0.3) is 0 Å². The minimum atomic E-state index is -4.42. The number of hydrazone groups is 1. The third-order valence-corrected chi connectivity index (χ3v) is 3.52. The molecule has 0 aliphatic heterocycles. The van der Waals surface area contributed by atoms with Crippen molar-refractivity contribution >= 4 is 29.6 Å². The topological polar surface area (TPSA) is 79.8 Å². The molecule has 2 aromatic rings. The predicted molar refractivity (Wildman–Crippen MR) is 97.1 cm³/mol. The second-order valence-electron chi connectivity index (χ2n) is 5.43. The van der Waals surface area contributed by atoms with Gasteiger partial charge < -0.3 is 10.1 Å². The molecule has 0 unspecified atom stereocenters. The van der Waals surface area contributed by atoms with E-state index in [1.165, 1.54) is 18.3 Å². The lowest BCUT2D eigenvalue weighted by molar-refractivity contribution is -0.137. The summed E-state index contributed by atoms with van der Waals surface area (Å²) in [6, 6.07) is 10.7. The largest absolute Gasteiger partial charge is 0.484 e. The average molecular weight is 414 g/mol. The number of carbonyl (C=O) groups is 2. The molecule has 2 aromatic carbocycles. The fraction of sp³-hybridized carbons (Fsp3) is 0.167. The highest BCUT2D eigenvalue weighted by molar-refractivity contribution is 6.30. The van der Waals surface area contributed by atoms with Crippen LogP contribution in [0.3, 0.4) is 0 Å². The number of amides is 2. The summed E-state index contributed by atoms with van der Waals surface area (Å²) in [5, 5.41) is 6.48. The van der Waals surface area contributed by atoms with E-state index in [0.29, 0.717) is 16.3 Å². The van der Waals surface area contributed by atoms with Crippen LogP contribution in [0.5, 0.6) is 5.75 Å². The van der Waals surface area contributed by atoms with E-state index in [2.05, 4.69) is 15.8 Å². The van der Waals surface area contributed by atoms with Crippen molar-refractivity contribution < 1.29 is 27.5 Å². The molecule has 0 aliphatic carbocycles. The first-order chi connectivity index (χ1) is 13.2. The van der Waals surface area contributed by atoms with Gasteiger partial charge in [0, 0.05) is 5.02 Å². The number of ether oxygens (including phenoxy) is 1. The molecule has 148 valence electrons. The van der Waals surface area contributed by atoms with Crippen LogP contribution in [0.1, 0.15) is 11.1 Å². The van der Waals surface area contributed by atoms with E-state index in [0.717, 1.165) is 12.1 Å². The zero-order valence-electron chi connectivity index (χ0n) is 14.3. The van der Waals surface area contributed by atoms with Crippen LogP contribution in [0, 0.1) is 0 Å². The van der Waals surface area contributed by atoms with Gasteiger partial charge in [0.05, 0.1) is 18.3 Å². The summed E-state index contributed by atoms with van der Waals surface area (Å²) in [5.41, 5.74) is 1.74. The summed E-state index contributed by atoms with van der Waals surface area (Å²) in [4.78, 5) is 23.2. The summed E-state index contributed by atoms with van der Waals surface area (Å²) < 4.78 is 42.6. The van der Waals surface area contributed by atoms with Crippen molar-refractivity contribution in [2.75, 3.05) is 13.2 Å². The fourth-order valence-electron chi connectivity index (χ4n) is 1.89. The SMILES string of the molecule is O=C(COc1ccc(Cl)cc1)NCC(=O)N/N=C/c1ccc(C(F)(F)F)cc1. The van der Waals surface area contributed by atoms with Gasteiger partial charge in [0.2, 0.25) is 0 Å². The Morgan fingerprint density at radius 2 is 1.68 bits per heavy atom. The van der Waals surface area contributed by atoms with Crippen molar-refractivity contribution in [3.63, 3.8) is 0 Å². The van der Waals surface area contributed by atoms with Crippen LogP contribution in [-0.4, -0.2) is 31.2 Å². The van der Waals surface area contributed by atoms with Crippen LogP contribution < -0.4 is 15.5 Å². The van der Waals surface area contributed by atoms with Gasteiger partial charge in [-0.3, -0.25) is 9.59 Å². The monoisotopic (exact) mass is 413 g/mol. The maximum Gasteiger partial charge on any atom is 0.416 e. The highest BCUT2D eigenvalue weighted by Gasteiger charge is 2.29. The number of nitrogens with one attached hydrogen (secondary N) is 2. The molecule has 0 heterocycles. The first-order valence-corrected chi connectivity index (χ1v) is 8.26. The van der Waals surface area contributed by atoms with Gasteiger partial charge in [0.15, 0.2) is 6.61 Å². The summed E-state index contributed by atoms with van der Waals surface area (Å²) in [6.07, 6.45) is -3.23. The molecule has 0 saturated carbocycles. The molecular formula is C18H15ClF3N3O3. The number of alkyl halides is 3. The second kappa shape index (κ2) is 9.75. The molecule has 2 N–H and O–H groups in total. The Balaban J connectivity index is 1.69. The number of carbonyl (C=O) groups excluding carboxylic acids is 2. The molecular weight excluding hydrogens is 399 g/mol. The van der Waals surface area contributed by atoms with E-state index in [1.807, 2.05) is 0 Å². The number of rotatable bonds is 7. The number of hydrogen-bond acceptors (Lipinski definition) is 4. The number of nitrogens with zero attached hydrogens (tertiary/aromatic N) is 1. The van der Waals surface area contributed by atoms with E-state index in [-0.39, 0.29) is 13.2 Å². The van der Waals surface area contributed by atoms with Gasteiger partial charge in [-0.25, -0.2) is 5.43 Å². The van der Waals surface area contributed by atoms with Gasteiger partial charge in [-0.1, -0.05) is 23.7 Å². The van der Waals surface area contributed by atoms with Crippen molar-refractivity contribution in [2.45, 2.75) is 6.18 Å². The Hall–Kier alpha value is -3.07. The van der Waals surface area contributed by atoms with E-state index in [9.17, 15) is 22.8 Å². The smallest absolute Gasteiger partial charge is 0.416 e. The first-order valence-electron chi connectivity index (χ1n) is 7.88. The molecule has 0 saturated heterocycles. The molecule has 0 fully saturated rings. The van der Waals surface area contributed by atoms with Gasteiger partial charge >= 0.3 is 6.18 Å². The average Bonchev–Trinajstić information content (AvgIpc) is 2.65. The molecule has 0 aromatic heterocycles. The van der Waals surface area contributed by atoms with Gasteiger partial charge in [-0.15, -0.1) is 0 Å². The summed E-state index contributed by atoms with van der Waals surface area (Å²) in [7, 11) is 0. The molecule has 2 rings (SSSR count). The Labute approximate surface area is 163 Å². The molecule has 0 spiro atoms. The predicted octanol–water partition coefficient (Wildman–Crippen LogP) is 3.00. The normalized spacial score (nSPS) is 11.3. The third kappa shape index (κ3) is 7.28. The molecule has 0 bridgehead atoms. The van der Waals surface area contributed by atoms with E-state index < -0.39 is 23.6 Å². The van der Waals surface area contributed by atoms with E-state index in [1.54, 1.807) is 24.3 Å². The molecule has 28 heavy (non-hydrogen) atoms. The maximum absolute atomic E-state index is 12.5. The molecule has 0 atom stereocenters. The molecule has 10 heteroatoms. The van der Waals surface area contributed by atoms with Crippen molar-refractivity contribution in [1.29, 1.82) is 0 Å². The standard InChI is InChI=1S/C18H15ClF3N3O3/c19-14-5-7-15(8-6-14)28-11-17(27)23-10-16(26)25-24-9-12-1-3-13(4-2-12)18(20,21)22/h1-9H,10-11H2,(H,23,27)(H,25,26)/b24-9+. The van der Waals surface area contributed by atoms with Crippen LogP contribution in [0.4, 0.5) is 13.2 Å². The summed E-state index contributed by atoms with van der Waals surface area (Å²) in [5.74, 6) is -0.676. The van der Waals surface area contributed by atoms with Gasteiger partial charge in [-0.2, -0.15) is 18.3 Å². The van der Waals surface area contributed by atoms with E-state index in [4.69, 9.17) is 16.3 Å². The zero-order valence-corrected chi connectivity index (χ0v) is 15.1. The van der Waals surface area contributed by atoms with Crippen LogP contribution in [0.15, 0.2) is 53.6 Å². The second-order valence-corrected chi connectivity index (χ2v) is 5.87. The summed E-state index contributed by atoms with van der Waals surface area (Å²) >= 11 is 5.73. The Bertz CT molecular complexity index is 838. The Morgan fingerprint density at radius 3 is 2.29 bits per heavy atom. The first kappa shape index (κ1) is 21.2.